The first kappa shape index (κ1) is 26.2. The van der Waals surface area contributed by atoms with Crippen LogP contribution in [0.15, 0.2) is 79.0 Å². The first-order valence-corrected chi connectivity index (χ1v) is 12.4. The van der Waals surface area contributed by atoms with Crippen molar-refractivity contribution >= 4 is 40.7 Å². The van der Waals surface area contributed by atoms with Crippen molar-refractivity contribution in [3.63, 3.8) is 0 Å². The molecule has 1 fully saturated rings. The average Bonchev–Trinajstić information content (AvgIpc) is 2.90. The zero-order valence-corrected chi connectivity index (χ0v) is 21.9. The van der Waals surface area contributed by atoms with E-state index in [1.54, 1.807) is 18.3 Å². The number of hydrogen-bond donors (Lipinski definition) is 2. The van der Waals surface area contributed by atoms with E-state index in [0.29, 0.717) is 23.2 Å². The molecule has 0 atom stereocenters. The number of fused-ring (bicyclic) bond motifs is 1. The molecule has 1 aliphatic rings. The summed E-state index contributed by atoms with van der Waals surface area (Å²) in [6.45, 7) is 0. The Balaban J connectivity index is 0.00000320. The Bertz CT molecular complexity index is 1340. The number of nitrogens with one attached hydrogen (secondary N) is 2. The van der Waals surface area contributed by atoms with Crippen molar-refractivity contribution in [2.45, 2.75) is 37.8 Å². The van der Waals surface area contributed by atoms with Gasteiger partial charge in [0.25, 0.3) is 5.91 Å². The van der Waals surface area contributed by atoms with E-state index in [1.165, 1.54) is 0 Å². The van der Waals surface area contributed by atoms with Crippen LogP contribution in [0, 0.1) is 0 Å². The van der Waals surface area contributed by atoms with Crippen LogP contribution in [0.1, 0.15) is 36.0 Å². The summed E-state index contributed by atoms with van der Waals surface area (Å²) in [4.78, 5) is 24.3. The molecule has 2 aromatic heterocycles. The van der Waals surface area contributed by atoms with E-state index in [9.17, 15) is 4.79 Å². The van der Waals surface area contributed by atoms with Gasteiger partial charge < -0.3 is 20.3 Å². The molecule has 8 heteroatoms. The van der Waals surface area contributed by atoms with Gasteiger partial charge in [0.15, 0.2) is 0 Å². The number of nitrogens with zero attached hydrogens (tertiary/aromatic N) is 3. The molecular weight excluding hydrogens is 486 g/mol. The minimum Gasteiger partial charge on any atom is -0.438 e. The van der Waals surface area contributed by atoms with Crippen molar-refractivity contribution in [3.8, 4) is 11.6 Å². The summed E-state index contributed by atoms with van der Waals surface area (Å²) in [5.41, 5.74) is 2.57. The Labute approximate surface area is 223 Å². The summed E-state index contributed by atoms with van der Waals surface area (Å²) in [5.74, 6) is 1.70. The predicted molar refractivity (Wildman–Crippen MR) is 151 cm³/mol. The van der Waals surface area contributed by atoms with Gasteiger partial charge in [-0.1, -0.05) is 36.4 Å². The maximum Gasteiger partial charge on any atom is 0.257 e. The fourth-order valence-corrected chi connectivity index (χ4v) is 4.70. The first-order valence-electron chi connectivity index (χ1n) is 12.4. The van der Waals surface area contributed by atoms with E-state index in [2.05, 4.69) is 46.7 Å². The molecule has 2 N–H and O–H groups in total. The number of ether oxygens (including phenoxy) is 1. The lowest BCUT2D eigenvalue weighted by molar-refractivity contribution is 0.0923. The molecule has 37 heavy (non-hydrogen) atoms. The van der Waals surface area contributed by atoms with E-state index < -0.39 is 0 Å². The van der Waals surface area contributed by atoms with Crippen LogP contribution in [0.3, 0.4) is 0 Å². The van der Waals surface area contributed by atoms with Crippen molar-refractivity contribution in [2.75, 3.05) is 24.3 Å². The van der Waals surface area contributed by atoms with Crippen LogP contribution in [0.4, 0.5) is 11.5 Å². The third-order valence-corrected chi connectivity index (χ3v) is 6.56. The Kier molecular flexibility index (Phi) is 8.46. The predicted octanol–water partition coefficient (Wildman–Crippen LogP) is 6.06. The maximum absolute atomic E-state index is 13.1. The number of anilines is 2. The molecule has 0 unspecified atom stereocenters. The third kappa shape index (κ3) is 6.30. The largest absolute Gasteiger partial charge is 0.438 e. The lowest BCUT2D eigenvalue weighted by atomic mass is 9.91. The quantitative estimate of drug-likeness (QED) is 0.310. The summed E-state index contributed by atoms with van der Waals surface area (Å²) in [6.07, 6.45) is 5.34. The Morgan fingerprint density at radius 1 is 0.919 bits per heavy atom. The number of pyridine rings is 2. The molecule has 0 radical (unpaired) electrons. The minimum absolute atomic E-state index is 0. The second-order valence-corrected chi connectivity index (χ2v) is 9.38. The fourth-order valence-electron chi connectivity index (χ4n) is 4.70. The summed E-state index contributed by atoms with van der Waals surface area (Å²) >= 11 is 0. The van der Waals surface area contributed by atoms with Crippen LogP contribution in [0.25, 0.3) is 10.9 Å². The van der Waals surface area contributed by atoms with Crippen LogP contribution in [-0.4, -0.2) is 42.1 Å². The molecule has 2 heterocycles. The van der Waals surface area contributed by atoms with Crippen LogP contribution < -0.4 is 20.3 Å². The van der Waals surface area contributed by atoms with Gasteiger partial charge in [0, 0.05) is 49.5 Å². The summed E-state index contributed by atoms with van der Waals surface area (Å²) < 4.78 is 5.87. The number of amides is 1. The number of halogens is 1. The van der Waals surface area contributed by atoms with Gasteiger partial charge in [-0.15, -0.1) is 12.4 Å². The van der Waals surface area contributed by atoms with E-state index >= 15 is 0 Å². The van der Waals surface area contributed by atoms with Crippen LogP contribution in [0.5, 0.6) is 11.6 Å². The highest BCUT2D eigenvalue weighted by Crippen LogP contribution is 2.29. The van der Waals surface area contributed by atoms with Gasteiger partial charge in [-0.3, -0.25) is 4.79 Å². The molecular formula is C29H32ClN5O2. The van der Waals surface area contributed by atoms with E-state index in [4.69, 9.17) is 9.72 Å². The number of aromatic nitrogens is 2. The van der Waals surface area contributed by atoms with E-state index in [0.717, 1.165) is 48.1 Å². The highest BCUT2D eigenvalue weighted by atomic mass is 35.5. The lowest BCUT2D eigenvalue weighted by Gasteiger charge is -2.30. The standard InChI is InChI=1S/C29H31N5O2.ClH/c1-34(2)26-19-27(33-25-13-7-6-11-23(25)26)31-20-14-16-21(17-15-20)32-28(35)24-12-8-18-30-29(24)36-22-9-4-3-5-10-22;/h3-13,18-21H,14-17H2,1-2H3,(H,31,33)(H,32,35);1H. The molecule has 0 aliphatic heterocycles. The third-order valence-electron chi connectivity index (χ3n) is 6.56. The number of carbonyl (C=O) groups is 1. The minimum atomic E-state index is -0.155. The van der Waals surface area contributed by atoms with Gasteiger partial charge in [-0.2, -0.15) is 0 Å². The number of rotatable bonds is 7. The van der Waals surface area contributed by atoms with E-state index in [1.807, 2.05) is 48.5 Å². The van der Waals surface area contributed by atoms with Crippen molar-refractivity contribution < 1.29 is 9.53 Å². The summed E-state index contributed by atoms with van der Waals surface area (Å²) in [7, 11) is 4.11. The first-order chi connectivity index (χ1) is 17.6. The molecule has 192 valence electrons. The molecule has 0 bridgehead atoms. The Morgan fingerprint density at radius 2 is 1.62 bits per heavy atom. The molecule has 4 aromatic rings. The molecule has 7 nitrogen and oxygen atoms in total. The van der Waals surface area contributed by atoms with Gasteiger partial charge in [-0.05, 0) is 56.0 Å². The zero-order valence-electron chi connectivity index (χ0n) is 21.1. The maximum atomic E-state index is 13.1. The highest BCUT2D eigenvalue weighted by Gasteiger charge is 2.25. The highest BCUT2D eigenvalue weighted by molar-refractivity contribution is 5.96. The van der Waals surface area contributed by atoms with Crippen LogP contribution in [0.2, 0.25) is 0 Å². The Morgan fingerprint density at radius 3 is 2.38 bits per heavy atom. The summed E-state index contributed by atoms with van der Waals surface area (Å²) in [5, 5.41) is 7.96. The number of hydrogen-bond acceptors (Lipinski definition) is 6. The number of para-hydroxylation sites is 2. The van der Waals surface area contributed by atoms with E-state index in [-0.39, 0.29) is 24.4 Å². The zero-order chi connectivity index (χ0) is 24.9. The van der Waals surface area contributed by atoms with Gasteiger partial charge in [0.2, 0.25) is 5.88 Å². The molecule has 0 saturated heterocycles. The lowest BCUT2D eigenvalue weighted by Crippen LogP contribution is -2.40. The van der Waals surface area contributed by atoms with Crippen molar-refractivity contribution in [2.24, 2.45) is 0 Å². The van der Waals surface area contributed by atoms with Gasteiger partial charge >= 0.3 is 0 Å². The second-order valence-electron chi connectivity index (χ2n) is 9.38. The van der Waals surface area contributed by atoms with Crippen LogP contribution in [-0.2, 0) is 0 Å². The molecule has 2 aromatic carbocycles. The smallest absolute Gasteiger partial charge is 0.257 e. The summed E-state index contributed by atoms with van der Waals surface area (Å²) in [6, 6.07) is 23.7. The normalized spacial score (nSPS) is 16.9. The monoisotopic (exact) mass is 517 g/mol. The van der Waals surface area contributed by atoms with Crippen molar-refractivity contribution in [1.29, 1.82) is 0 Å². The molecule has 1 amide bonds. The van der Waals surface area contributed by atoms with Gasteiger partial charge in [0.1, 0.15) is 17.1 Å². The molecule has 5 rings (SSSR count). The van der Waals surface area contributed by atoms with Crippen molar-refractivity contribution in [1.82, 2.24) is 15.3 Å². The SMILES string of the molecule is CN(C)c1cc(NC2CCC(NC(=O)c3cccnc3Oc3ccccc3)CC2)nc2ccccc12.Cl. The fraction of sp³-hybridized carbons (Fsp3) is 0.276. The Hall–Kier alpha value is -3.84. The molecule has 1 aliphatic carbocycles. The average molecular weight is 518 g/mol. The molecule has 0 spiro atoms. The molecule has 1 saturated carbocycles. The second kappa shape index (κ2) is 11.9. The number of carbonyl (C=O) groups excluding carboxylic acids is 1. The topological polar surface area (TPSA) is 79.4 Å². The van der Waals surface area contributed by atoms with Gasteiger partial charge in [0.05, 0.1) is 5.52 Å². The van der Waals surface area contributed by atoms with Crippen molar-refractivity contribution in [3.05, 3.63) is 84.6 Å². The number of benzene rings is 2. The van der Waals surface area contributed by atoms with Gasteiger partial charge in [-0.25, -0.2) is 9.97 Å². The van der Waals surface area contributed by atoms with Crippen LogP contribution >= 0.6 is 12.4 Å².